The second kappa shape index (κ2) is 10.0. The normalized spacial score (nSPS) is 10.8. The van der Waals surface area contributed by atoms with Crippen molar-refractivity contribution in [1.82, 2.24) is 14.4 Å². The smallest absolute Gasteiger partial charge is 0.251 e. The van der Waals surface area contributed by atoms with Crippen molar-refractivity contribution < 1.29 is 14.3 Å². The van der Waals surface area contributed by atoms with Crippen molar-refractivity contribution in [3.63, 3.8) is 0 Å². The van der Waals surface area contributed by atoms with Crippen LogP contribution in [0.2, 0.25) is 0 Å². The fraction of sp³-hybridized carbons (Fsp3) is 0.0667. The number of amides is 2. The molecule has 0 bridgehead atoms. The summed E-state index contributed by atoms with van der Waals surface area (Å²) in [6.45, 7) is 7.31. The number of aryl methyl sites for hydroxylation is 2. The van der Waals surface area contributed by atoms with Gasteiger partial charge in [0.15, 0.2) is 0 Å². The molecule has 3 aromatic heterocycles. The highest BCUT2D eigenvalue weighted by atomic mass is 16.5. The molecule has 0 atom stereocenters. The minimum Gasteiger partial charge on any atom is -0.439 e. The number of aromatic nitrogens is 3. The third-order valence-electron chi connectivity index (χ3n) is 6.10. The van der Waals surface area contributed by atoms with Crippen LogP contribution in [0.15, 0.2) is 91.8 Å². The van der Waals surface area contributed by atoms with Crippen molar-refractivity contribution in [2.24, 2.45) is 5.73 Å². The van der Waals surface area contributed by atoms with Gasteiger partial charge in [-0.1, -0.05) is 36.9 Å². The maximum Gasteiger partial charge on any atom is 0.251 e. The average molecular weight is 504 g/mol. The first-order chi connectivity index (χ1) is 18.4. The third-order valence-corrected chi connectivity index (χ3v) is 6.10. The first kappa shape index (κ1) is 24.5. The van der Waals surface area contributed by atoms with Crippen LogP contribution in [0.1, 0.15) is 21.7 Å². The Balaban J connectivity index is 1.65. The van der Waals surface area contributed by atoms with Gasteiger partial charge >= 0.3 is 0 Å². The number of ether oxygens (including phenoxy) is 1. The van der Waals surface area contributed by atoms with Crippen LogP contribution in [0.4, 0.5) is 5.69 Å². The zero-order valence-electron chi connectivity index (χ0n) is 20.9. The van der Waals surface area contributed by atoms with Crippen LogP contribution in [-0.4, -0.2) is 26.2 Å². The summed E-state index contributed by atoms with van der Waals surface area (Å²) in [5, 5.41) is 2.75. The topological polar surface area (TPSA) is 112 Å². The van der Waals surface area contributed by atoms with E-state index >= 15 is 0 Å². The van der Waals surface area contributed by atoms with E-state index in [4.69, 9.17) is 10.5 Å². The van der Waals surface area contributed by atoms with Gasteiger partial charge in [0, 0.05) is 34.9 Å². The minimum absolute atomic E-state index is 0.298. The summed E-state index contributed by atoms with van der Waals surface area (Å²) in [6, 6.07) is 20.4. The van der Waals surface area contributed by atoms with Gasteiger partial charge in [0.1, 0.15) is 5.75 Å². The molecule has 2 amide bonds. The molecule has 8 heteroatoms. The highest BCUT2D eigenvalue weighted by molar-refractivity contribution is 6.11. The molecule has 0 aliphatic heterocycles. The quantitative estimate of drug-likeness (QED) is 0.277. The van der Waals surface area contributed by atoms with Gasteiger partial charge in [-0.05, 0) is 61.4 Å². The number of anilines is 1. The largest absolute Gasteiger partial charge is 0.439 e. The second-order valence-electron chi connectivity index (χ2n) is 8.75. The highest BCUT2D eigenvalue weighted by Gasteiger charge is 2.25. The summed E-state index contributed by atoms with van der Waals surface area (Å²) in [4.78, 5) is 33.2. The Kier molecular flexibility index (Phi) is 6.45. The SMILES string of the molecule is C=CC(=O)Nc1ccc(-c2c(-c3ccc(Oc4cccc(C)n4)cc3)c(C(N)=O)c3cncc(C)n23)cc1. The van der Waals surface area contributed by atoms with E-state index in [1.165, 1.54) is 6.08 Å². The molecule has 0 unspecified atom stereocenters. The van der Waals surface area contributed by atoms with E-state index in [-0.39, 0.29) is 5.91 Å². The lowest BCUT2D eigenvalue weighted by molar-refractivity contribution is -0.111. The summed E-state index contributed by atoms with van der Waals surface area (Å²) >= 11 is 0. The molecule has 38 heavy (non-hydrogen) atoms. The molecule has 0 saturated heterocycles. The van der Waals surface area contributed by atoms with Crippen molar-refractivity contribution in [3.05, 3.63) is 109 Å². The Morgan fingerprint density at radius 1 is 0.974 bits per heavy atom. The number of hydrogen-bond donors (Lipinski definition) is 2. The number of primary amides is 1. The molecule has 8 nitrogen and oxygen atoms in total. The number of hydrogen-bond acceptors (Lipinski definition) is 5. The van der Waals surface area contributed by atoms with E-state index in [9.17, 15) is 9.59 Å². The summed E-state index contributed by atoms with van der Waals surface area (Å²) in [6.07, 6.45) is 4.58. The number of nitrogens with zero attached hydrogens (tertiary/aromatic N) is 3. The molecule has 3 N–H and O–H groups in total. The van der Waals surface area contributed by atoms with E-state index in [0.29, 0.717) is 34.0 Å². The van der Waals surface area contributed by atoms with Crippen molar-refractivity contribution in [1.29, 1.82) is 0 Å². The molecule has 188 valence electrons. The van der Waals surface area contributed by atoms with Gasteiger partial charge < -0.3 is 20.2 Å². The van der Waals surface area contributed by atoms with Crippen LogP contribution < -0.4 is 15.8 Å². The van der Waals surface area contributed by atoms with Gasteiger partial charge in [-0.3, -0.25) is 14.6 Å². The Bertz CT molecular complexity index is 1690. The number of rotatable bonds is 7. The molecule has 0 saturated carbocycles. The molecule has 3 heterocycles. The summed E-state index contributed by atoms with van der Waals surface area (Å²) in [5.74, 6) is 0.247. The van der Waals surface area contributed by atoms with E-state index in [1.807, 2.05) is 66.8 Å². The summed E-state index contributed by atoms with van der Waals surface area (Å²) < 4.78 is 7.89. The van der Waals surface area contributed by atoms with Crippen LogP contribution in [0.5, 0.6) is 11.6 Å². The van der Waals surface area contributed by atoms with Crippen LogP contribution >= 0.6 is 0 Å². The molecule has 2 aromatic carbocycles. The average Bonchev–Trinajstić information content (AvgIpc) is 3.26. The highest BCUT2D eigenvalue weighted by Crippen LogP contribution is 2.40. The van der Waals surface area contributed by atoms with Gasteiger partial charge in [0.05, 0.1) is 23.0 Å². The molecule has 0 radical (unpaired) electrons. The maximum absolute atomic E-state index is 12.8. The molecule has 5 aromatic rings. The first-order valence-electron chi connectivity index (χ1n) is 11.9. The number of nitrogens with two attached hydrogens (primary N) is 1. The van der Waals surface area contributed by atoms with Crippen LogP contribution in [0.25, 0.3) is 27.9 Å². The Hall–Kier alpha value is -5.24. The number of pyridine rings is 1. The lowest BCUT2D eigenvalue weighted by Gasteiger charge is -2.12. The zero-order chi connectivity index (χ0) is 26.8. The van der Waals surface area contributed by atoms with Gasteiger partial charge in [0.2, 0.25) is 11.8 Å². The number of nitrogens with one attached hydrogen (secondary N) is 1. The zero-order valence-corrected chi connectivity index (χ0v) is 20.9. The van der Waals surface area contributed by atoms with Crippen LogP contribution in [0.3, 0.4) is 0 Å². The van der Waals surface area contributed by atoms with E-state index in [0.717, 1.165) is 28.2 Å². The monoisotopic (exact) mass is 503 g/mol. The second-order valence-corrected chi connectivity index (χ2v) is 8.75. The Morgan fingerprint density at radius 2 is 1.68 bits per heavy atom. The van der Waals surface area contributed by atoms with Crippen molar-refractivity contribution in [2.75, 3.05) is 5.32 Å². The van der Waals surface area contributed by atoms with Crippen LogP contribution in [-0.2, 0) is 4.79 Å². The standard InChI is InChI=1S/C30H25N5O3/c1-4-25(36)34-22-12-8-21(9-13-22)29-27(28(30(31)37)24-17-32-16-19(3)35(24)29)20-10-14-23(15-11-20)38-26-7-5-6-18(2)33-26/h4-17H,1H2,2-3H3,(H2,31,37)(H,34,36). The first-order valence-corrected chi connectivity index (χ1v) is 11.9. The maximum atomic E-state index is 12.8. The van der Waals surface area contributed by atoms with Crippen molar-refractivity contribution >= 4 is 23.0 Å². The summed E-state index contributed by atoms with van der Waals surface area (Å²) in [5.41, 5.74) is 12.3. The molecule has 5 rings (SSSR count). The van der Waals surface area contributed by atoms with Crippen molar-refractivity contribution in [3.8, 4) is 34.0 Å². The Labute approximate surface area is 219 Å². The van der Waals surface area contributed by atoms with Gasteiger partial charge in [-0.2, -0.15) is 0 Å². The third kappa shape index (κ3) is 4.62. The van der Waals surface area contributed by atoms with Crippen molar-refractivity contribution in [2.45, 2.75) is 13.8 Å². The molecule has 0 aliphatic rings. The van der Waals surface area contributed by atoms with Gasteiger partial charge in [-0.25, -0.2) is 4.98 Å². The fourth-order valence-corrected chi connectivity index (χ4v) is 4.45. The minimum atomic E-state index is -0.560. The molecule has 0 spiro atoms. The van der Waals surface area contributed by atoms with Crippen LogP contribution in [0, 0.1) is 13.8 Å². The summed E-state index contributed by atoms with van der Waals surface area (Å²) in [7, 11) is 0. The molecular weight excluding hydrogens is 478 g/mol. The number of carbonyl (C=O) groups excluding carboxylic acids is 2. The number of benzene rings is 2. The van der Waals surface area contributed by atoms with E-state index < -0.39 is 5.91 Å². The van der Waals surface area contributed by atoms with E-state index in [1.54, 1.807) is 30.6 Å². The number of fused-ring (bicyclic) bond motifs is 1. The van der Waals surface area contributed by atoms with Gasteiger partial charge in [0.25, 0.3) is 5.91 Å². The number of carbonyl (C=O) groups is 2. The fourth-order valence-electron chi connectivity index (χ4n) is 4.45. The molecule has 0 fully saturated rings. The molecular formula is C30H25N5O3. The lowest BCUT2D eigenvalue weighted by Crippen LogP contribution is -2.12. The Morgan fingerprint density at radius 3 is 2.34 bits per heavy atom. The predicted octanol–water partition coefficient (Wildman–Crippen LogP) is 5.70. The lowest BCUT2D eigenvalue weighted by atomic mass is 9.96. The van der Waals surface area contributed by atoms with E-state index in [2.05, 4.69) is 21.9 Å². The van der Waals surface area contributed by atoms with Gasteiger partial charge in [-0.15, -0.1) is 0 Å². The predicted molar refractivity (Wildman–Crippen MR) is 147 cm³/mol. The molecule has 0 aliphatic carbocycles.